The van der Waals surface area contributed by atoms with Crippen LogP contribution in [0, 0.1) is 0 Å². The molecular formula is C29H37ClF3N3O4. The van der Waals surface area contributed by atoms with Gasteiger partial charge in [-0.25, -0.2) is 4.99 Å². The molecule has 1 amide bonds. The van der Waals surface area contributed by atoms with E-state index in [-0.39, 0.29) is 42.5 Å². The van der Waals surface area contributed by atoms with E-state index >= 15 is 0 Å². The van der Waals surface area contributed by atoms with E-state index in [9.17, 15) is 23.1 Å². The molecule has 220 valence electrons. The van der Waals surface area contributed by atoms with Gasteiger partial charge in [-0.1, -0.05) is 24.9 Å². The monoisotopic (exact) mass is 583 g/mol. The molecule has 40 heavy (non-hydrogen) atoms. The Balaban J connectivity index is 1.93. The Kier molecular flexibility index (Phi) is 11.8. The maximum Gasteiger partial charge on any atom is 0.416 e. The number of carbonyl (C=O) groups is 1. The second kappa shape index (κ2) is 14.8. The number of aliphatic imine (C=N–C) groups is 1. The number of aryl methyl sites for hydroxylation is 1. The second-order valence-corrected chi connectivity index (χ2v) is 10.3. The third-order valence-electron chi connectivity index (χ3n) is 6.65. The average Bonchev–Trinajstić information content (AvgIpc) is 3.40. The molecule has 2 aromatic rings. The maximum atomic E-state index is 13.7. The number of unbranched alkanes of at least 4 members (excludes halogenated alkanes) is 1. The molecule has 1 aliphatic heterocycles. The van der Waals surface area contributed by atoms with E-state index in [1.165, 1.54) is 13.2 Å². The molecule has 0 saturated carbocycles. The number of halogens is 4. The summed E-state index contributed by atoms with van der Waals surface area (Å²) in [6, 6.07) is 5.16. The molecule has 2 aromatic carbocycles. The van der Waals surface area contributed by atoms with Crippen LogP contribution in [0.15, 0.2) is 29.3 Å². The molecule has 0 unspecified atom stereocenters. The topological polar surface area (TPSA) is 83.4 Å². The number of alkyl halides is 3. The van der Waals surface area contributed by atoms with Gasteiger partial charge in [0.2, 0.25) is 0 Å². The summed E-state index contributed by atoms with van der Waals surface area (Å²) in [4.78, 5) is 19.9. The van der Waals surface area contributed by atoms with Gasteiger partial charge >= 0.3 is 6.18 Å². The smallest absolute Gasteiger partial charge is 0.416 e. The molecule has 0 radical (unpaired) electrons. The van der Waals surface area contributed by atoms with E-state index in [0.29, 0.717) is 41.2 Å². The number of hydrogen-bond acceptors (Lipinski definition) is 6. The predicted octanol–water partition coefficient (Wildman–Crippen LogP) is 6.65. The first-order chi connectivity index (χ1) is 19.0. The lowest BCUT2D eigenvalue weighted by atomic mass is 9.98. The maximum absolute atomic E-state index is 13.7. The Bertz CT molecular complexity index is 1200. The van der Waals surface area contributed by atoms with Gasteiger partial charge in [-0.15, -0.1) is 0 Å². The lowest BCUT2D eigenvalue weighted by Gasteiger charge is -2.18. The van der Waals surface area contributed by atoms with Gasteiger partial charge < -0.3 is 19.9 Å². The highest BCUT2D eigenvalue weighted by molar-refractivity contribution is 6.31. The van der Waals surface area contributed by atoms with Crippen molar-refractivity contribution >= 4 is 29.0 Å². The van der Waals surface area contributed by atoms with Gasteiger partial charge in [0.1, 0.15) is 11.6 Å². The van der Waals surface area contributed by atoms with E-state index in [4.69, 9.17) is 21.1 Å². The fourth-order valence-corrected chi connectivity index (χ4v) is 4.86. The number of aromatic hydroxyl groups is 1. The van der Waals surface area contributed by atoms with Crippen LogP contribution < -0.4 is 5.32 Å². The summed E-state index contributed by atoms with van der Waals surface area (Å²) in [6.07, 6.45) is -0.565. The molecule has 1 heterocycles. The highest BCUT2D eigenvalue weighted by Gasteiger charge is 2.32. The quantitative estimate of drug-likeness (QED) is 0.166. The van der Waals surface area contributed by atoms with Gasteiger partial charge in [0.15, 0.2) is 0 Å². The van der Waals surface area contributed by atoms with Gasteiger partial charge in [-0.2, -0.15) is 13.2 Å². The Labute approximate surface area is 238 Å². The molecular weight excluding hydrogens is 547 g/mol. The Hall–Kier alpha value is -2.66. The summed E-state index contributed by atoms with van der Waals surface area (Å²) in [6.45, 7) is 6.16. The predicted molar refractivity (Wildman–Crippen MR) is 149 cm³/mol. The van der Waals surface area contributed by atoms with Crippen molar-refractivity contribution in [3.8, 4) is 5.75 Å². The van der Waals surface area contributed by atoms with Crippen LogP contribution in [0.5, 0.6) is 5.75 Å². The number of likely N-dealkylation sites (tertiary alicyclic amines) is 1. The fraction of sp³-hybridized carbons (Fsp3) is 0.517. The number of phenols is 1. The highest BCUT2D eigenvalue weighted by atomic mass is 35.5. The number of nitrogens with one attached hydrogen (secondary N) is 1. The summed E-state index contributed by atoms with van der Waals surface area (Å²) in [5.74, 6) is -0.628. The van der Waals surface area contributed by atoms with Gasteiger partial charge in [0.25, 0.3) is 5.91 Å². The number of phenolic OH excluding ortho intramolecular Hbond substituents is 1. The molecule has 0 aliphatic carbocycles. The number of ether oxygens (including phenoxy) is 2. The molecule has 0 aromatic heterocycles. The van der Waals surface area contributed by atoms with Crippen molar-refractivity contribution < 1.29 is 32.5 Å². The van der Waals surface area contributed by atoms with Crippen LogP contribution in [0.4, 0.5) is 18.9 Å². The SMILES string of the molecule is CCCCc1cc(C(F)(F)F)cc(COCCOC)c1N=C(C)NC(=O)c1cc(Cl)cc(CN2CCCC2)c1O. The van der Waals surface area contributed by atoms with Crippen molar-refractivity contribution in [2.75, 3.05) is 33.4 Å². The minimum absolute atomic E-state index is 0.00186. The Morgan fingerprint density at radius 3 is 2.48 bits per heavy atom. The molecule has 0 bridgehead atoms. The van der Waals surface area contributed by atoms with Crippen LogP contribution in [-0.2, 0) is 35.2 Å². The molecule has 11 heteroatoms. The zero-order valence-electron chi connectivity index (χ0n) is 23.2. The first-order valence-corrected chi connectivity index (χ1v) is 13.8. The zero-order valence-corrected chi connectivity index (χ0v) is 23.9. The molecule has 7 nitrogen and oxygen atoms in total. The van der Waals surface area contributed by atoms with Crippen molar-refractivity contribution in [3.63, 3.8) is 0 Å². The molecule has 1 saturated heterocycles. The van der Waals surface area contributed by atoms with Gasteiger partial charge in [-0.05, 0) is 75.5 Å². The zero-order chi connectivity index (χ0) is 29.3. The van der Waals surface area contributed by atoms with Crippen LogP contribution in [0.2, 0.25) is 5.02 Å². The van der Waals surface area contributed by atoms with Crippen molar-refractivity contribution in [3.05, 3.63) is 57.1 Å². The molecule has 2 N–H and O–H groups in total. The van der Waals surface area contributed by atoms with Gasteiger partial charge in [0, 0.05) is 29.8 Å². The van der Waals surface area contributed by atoms with Crippen molar-refractivity contribution in [2.24, 2.45) is 4.99 Å². The molecule has 0 spiro atoms. The van der Waals surface area contributed by atoms with Crippen LogP contribution in [0.25, 0.3) is 0 Å². The number of carbonyl (C=O) groups excluding carboxylic acids is 1. The number of hydrogen-bond donors (Lipinski definition) is 2. The van der Waals surface area contributed by atoms with Crippen molar-refractivity contribution in [1.29, 1.82) is 0 Å². The summed E-state index contributed by atoms with van der Waals surface area (Å²) < 4.78 is 51.6. The number of methoxy groups -OCH3 is 1. The van der Waals surface area contributed by atoms with E-state index in [0.717, 1.165) is 44.5 Å². The largest absolute Gasteiger partial charge is 0.507 e. The van der Waals surface area contributed by atoms with E-state index < -0.39 is 17.6 Å². The minimum Gasteiger partial charge on any atom is -0.507 e. The van der Waals surface area contributed by atoms with Crippen molar-refractivity contribution in [2.45, 2.75) is 65.3 Å². The molecule has 1 fully saturated rings. The molecule has 3 rings (SSSR count). The van der Waals surface area contributed by atoms with Crippen LogP contribution in [0.3, 0.4) is 0 Å². The summed E-state index contributed by atoms with van der Waals surface area (Å²) >= 11 is 6.28. The van der Waals surface area contributed by atoms with Gasteiger partial charge in [-0.3, -0.25) is 9.69 Å². The Morgan fingerprint density at radius 2 is 1.82 bits per heavy atom. The van der Waals surface area contributed by atoms with Crippen LogP contribution >= 0.6 is 11.6 Å². The molecule has 1 aliphatic rings. The summed E-state index contributed by atoms with van der Waals surface area (Å²) in [5, 5.41) is 13.8. The molecule has 0 atom stereocenters. The third-order valence-corrected chi connectivity index (χ3v) is 6.87. The standard InChI is InChI=1S/C29H37ClF3N3O4/c1-4-5-8-20-13-23(29(31,32)33)14-22(18-40-12-11-39-3)26(20)34-19(2)35-28(38)25-16-24(30)15-21(27(25)37)17-36-9-6-7-10-36/h13-16,37H,4-12,17-18H2,1-3H3,(H,34,35,38). The number of benzene rings is 2. The first-order valence-electron chi connectivity index (χ1n) is 13.4. The number of amidine groups is 1. The van der Waals surface area contributed by atoms with Gasteiger partial charge in [0.05, 0.1) is 36.6 Å². The van der Waals surface area contributed by atoms with Crippen LogP contribution in [0.1, 0.15) is 72.1 Å². The van der Waals surface area contributed by atoms with E-state index in [1.807, 2.05) is 6.92 Å². The fourth-order valence-electron chi connectivity index (χ4n) is 4.62. The third kappa shape index (κ3) is 8.92. The number of rotatable bonds is 12. The summed E-state index contributed by atoms with van der Waals surface area (Å²) in [7, 11) is 1.51. The second-order valence-electron chi connectivity index (χ2n) is 9.89. The average molecular weight is 584 g/mol. The number of nitrogens with zero attached hydrogens (tertiary/aromatic N) is 2. The lowest BCUT2D eigenvalue weighted by Crippen LogP contribution is -2.29. The summed E-state index contributed by atoms with van der Waals surface area (Å²) in [5.41, 5.74) is 0.756. The normalized spacial score (nSPS) is 14.6. The van der Waals surface area contributed by atoms with Crippen LogP contribution in [-0.4, -0.2) is 55.2 Å². The van der Waals surface area contributed by atoms with E-state index in [2.05, 4.69) is 15.2 Å². The van der Waals surface area contributed by atoms with E-state index in [1.54, 1.807) is 13.0 Å². The lowest BCUT2D eigenvalue weighted by molar-refractivity contribution is -0.137. The highest BCUT2D eigenvalue weighted by Crippen LogP contribution is 2.37. The Morgan fingerprint density at radius 1 is 1.12 bits per heavy atom. The minimum atomic E-state index is -4.54. The number of amides is 1. The van der Waals surface area contributed by atoms with Crippen molar-refractivity contribution in [1.82, 2.24) is 10.2 Å². The first kappa shape index (κ1) is 31.9.